The first-order chi connectivity index (χ1) is 12.2. The first kappa shape index (κ1) is 16.0. The van der Waals surface area contributed by atoms with Crippen LogP contribution in [0.5, 0.6) is 0 Å². The normalized spacial score (nSPS) is 16.4. The summed E-state index contributed by atoms with van der Waals surface area (Å²) in [5.41, 5.74) is 2.13. The molecule has 0 spiro atoms. The van der Waals surface area contributed by atoms with Gasteiger partial charge in [0.2, 0.25) is 0 Å². The van der Waals surface area contributed by atoms with Gasteiger partial charge in [-0.05, 0) is 37.8 Å². The molecule has 0 amide bonds. The van der Waals surface area contributed by atoms with E-state index in [0.29, 0.717) is 5.92 Å². The number of anilines is 1. The van der Waals surface area contributed by atoms with Crippen LogP contribution in [0.15, 0.2) is 30.7 Å². The molecule has 3 aromatic heterocycles. The second-order valence-corrected chi connectivity index (χ2v) is 7.03. The average Bonchev–Trinajstić information content (AvgIpc) is 3.26. The third-order valence-electron chi connectivity index (χ3n) is 4.98. The van der Waals surface area contributed by atoms with Gasteiger partial charge in [0.1, 0.15) is 11.6 Å². The van der Waals surface area contributed by atoms with Crippen molar-refractivity contribution in [1.29, 1.82) is 0 Å². The number of fused-ring (bicyclic) bond motifs is 1. The molecule has 1 atom stereocenters. The van der Waals surface area contributed by atoms with Crippen molar-refractivity contribution in [3.05, 3.63) is 42.1 Å². The van der Waals surface area contributed by atoms with E-state index >= 15 is 0 Å². The van der Waals surface area contributed by atoms with Crippen LogP contribution in [0.2, 0.25) is 0 Å². The minimum absolute atomic E-state index is 0.249. The topological polar surface area (TPSA) is 68.5 Å². The zero-order chi connectivity index (χ0) is 17.2. The van der Waals surface area contributed by atoms with Crippen molar-refractivity contribution in [2.75, 3.05) is 5.32 Å². The van der Waals surface area contributed by atoms with Crippen LogP contribution in [0.4, 0.5) is 5.82 Å². The van der Waals surface area contributed by atoms with E-state index in [2.05, 4.69) is 28.4 Å². The molecule has 1 fully saturated rings. The monoisotopic (exact) mass is 336 g/mol. The Bertz CT molecular complexity index is 851. The van der Waals surface area contributed by atoms with Crippen LogP contribution in [-0.4, -0.2) is 30.8 Å². The summed E-state index contributed by atoms with van der Waals surface area (Å²) in [5, 5.41) is 8.95. The third-order valence-corrected chi connectivity index (χ3v) is 4.98. The number of hydrogen-bond acceptors (Lipinski definition) is 5. The lowest BCUT2D eigenvalue weighted by atomic mass is 10.1. The van der Waals surface area contributed by atoms with Crippen molar-refractivity contribution in [3.8, 4) is 0 Å². The lowest BCUT2D eigenvalue weighted by Crippen LogP contribution is -2.20. The molecule has 0 aromatic carbocycles. The first-order valence-electron chi connectivity index (χ1n) is 9.06. The van der Waals surface area contributed by atoms with Gasteiger partial charge in [0, 0.05) is 31.4 Å². The Morgan fingerprint density at radius 3 is 2.84 bits per heavy atom. The molecule has 1 aliphatic rings. The van der Waals surface area contributed by atoms with Crippen molar-refractivity contribution in [1.82, 2.24) is 24.7 Å². The molecule has 1 saturated carbocycles. The van der Waals surface area contributed by atoms with E-state index < -0.39 is 0 Å². The summed E-state index contributed by atoms with van der Waals surface area (Å²) in [7, 11) is 1.94. The fraction of sp³-hybridized carbons (Fsp3) is 0.474. The first-order valence-corrected chi connectivity index (χ1v) is 9.06. The van der Waals surface area contributed by atoms with E-state index in [1.807, 2.05) is 30.2 Å². The van der Waals surface area contributed by atoms with Gasteiger partial charge in [-0.25, -0.2) is 9.97 Å². The van der Waals surface area contributed by atoms with Crippen molar-refractivity contribution >= 4 is 16.9 Å². The molecule has 3 heterocycles. The van der Waals surface area contributed by atoms with Gasteiger partial charge in [0.25, 0.3) is 0 Å². The molecule has 0 aliphatic heterocycles. The Kier molecular flexibility index (Phi) is 4.34. The van der Waals surface area contributed by atoms with Crippen LogP contribution in [0, 0.1) is 0 Å². The highest BCUT2D eigenvalue weighted by molar-refractivity contribution is 5.86. The fourth-order valence-corrected chi connectivity index (χ4v) is 3.67. The predicted molar refractivity (Wildman–Crippen MR) is 98.5 cm³/mol. The summed E-state index contributed by atoms with van der Waals surface area (Å²) in [5.74, 6) is 2.34. The number of aromatic nitrogens is 5. The lowest BCUT2D eigenvalue weighted by molar-refractivity contribution is 0.665. The molecule has 0 unspecified atom stereocenters. The van der Waals surface area contributed by atoms with Crippen molar-refractivity contribution < 1.29 is 0 Å². The summed E-state index contributed by atoms with van der Waals surface area (Å²) >= 11 is 0. The minimum Gasteiger partial charge on any atom is -0.367 e. The van der Waals surface area contributed by atoms with Gasteiger partial charge in [-0.2, -0.15) is 5.10 Å². The smallest absolute Gasteiger partial charge is 0.163 e. The molecule has 130 valence electrons. The van der Waals surface area contributed by atoms with Crippen LogP contribution in [-0.2, 0) is 13.5 Å². The van der Waals surface area contributed by atoms with Crippen molar-refractivity contribution in [2.45, 2.75) is 51.0 Å². The number of hydrogen-bond donors (Lipinski definition) is 1. The SMILES string of the molecule is C[C@@H](Cc1cccnc1)Nc1nc(C2CCCC2)nc2c1cnn2C. The molecule has 0 radical (unpaired) electrons. The summed E-state index contributed by atoms with van der Waals surface area (Å²) in [4.78, 5) is 13.9. The number of pyridine rings is 1. The van der Waals surface area contributed by atoms with Crippen LogP contribution < -0.4 is 5.32 Å². The van der Waals surface area contributed by atoms with Gasteiger partial charge >= 0.3 is 0 Å². The molecular formula is C19H24N6. The van der Waals surface area contributed by atoms with E-state index in [0.717, 1.165) is 29.1 Å². The Hall–Kier alpha value is -2.50. The van der Waals surface area contributed by atoms with Crippen LogP contribution in [0.3, 0.4) is 0 Å². The molecule has 0 bridgehead atoms. The third kappa shape index (κ3) is 3.34. The number of aryl methyl sites for hydroxylation is 1. The van der Waals surface area contributed by atoms with Gasteiger partial charge in [0.15, 0.2) is 5.65 Å². The molecule has 6 heteroatoms. The van der Waals surface area contributed by atoms with Gasteiger partial charge in [-0.15, -0.1) is 0 Å². The van der Waals surface area contributed by atoms with Crippen LogP contribution in [0.25, 0.3) is 11.0 Å². The van der Waals surface area contributed by atoms with E-state index in [-0.39, 0.29) is 6.04 Å². The summed E-state index contributed by atoms with van der Waals surface area (Å²) in [6.07, 6.45) is 11.4. The molecule has 6 nitrogen and oxygen atoms in total. The van der Waals surface area contributed by atoms with Gasteiger partial charge in [-0.3, -0.25) is 9.67 Å². The maximum atomic E-state index is 4.89. The predicted octanol–water partition coefficient (Wildman–Crippen LogP) is 3.46. The average molecular weight is 336 g/mol. The molecule has 3 aromatic rings. The second kappa shape index (κ2) is 6.78. The maximum Gasteiger partial charge on any atom is 0.163 e. The molecule has 0 saturated heterocycles. The number of nitrogens with one attached hydrogen (secondary N) is 1. The molecule has 25 heavy (non-hydrogen) atoms. The number of nitrogens with zero attached hydrogens (tertiary/aromatic N) is 5. The summed E-state index contributed by atoms with van der Waals surface area (Å²) in [6.45, 7) is 2.17. The maximum absolute atomic E-state index is 4.89. The van der Waals surface area contributed by atoms with E-state index in [4.69, 9.17) is 9.97 Å². The highest BCUT2D eigenvalue weighted by Crippen LogP contribution is 2.34. The minimum atomic E-state index is 0.249. The van der Waals surface area contributed by atoms with Crippen LogP contribution >= 0.6 is 0 Å². The van der Waals surface area contributed by atoms with E-state index in [9.17, 15) is 0 Å². The summed E-state index contributed by atoms with van der Waals surface area (Å²) in [6, 6.07) is 4.33. The van der Waals surface area contributed by atoms with Crippen LogP contribution in [0.1, 0.15) is 49.9 Å². The highest BCUT2D eigenvalue weighted by Gasteiger charge is 2.22. The van der Waals surface area contributed by atoms with E-state index in [1.165, 1.54) is 31.2 Å². The Labute approximate surface area is 147 Å². The number of rotatable bonds is 5. The van der Waals surface area contributed by atoms with E-state index in [1.54, 1.807) is 6.20 Å². The second-order valence-electron chi connectivity index (χ2n) is 7.03. The largest absolute Gasteiger partial charge is 0.367 e. The molecule has 1 aliphatic carbocycles. The van der Waals surface area contributed by atoms with Crippen molar-refractivity contribution in [3.63, 3.8) is 0 Å². The fourth-order valence-electron chi connectivity index (χ4n) is 3.67. The zero-order valence-corrected chi connectivity index (χ0v) is 14.8. The Balaban J connectivity index is 1.63. The van der Waals surface area contributed by atoms with Crippen molar-refractivity contribution in [2.24, 2.45) is 7.05 Å². The quantitative estimate of drug-likeness (QED) is 0.773. The molecular weight excluding hydrogens is 312 g/mol. The Morgan fingerprint density at radius 1 is 1.24 bits per heavy atom. The van der Waals surface area contributed by atoms with Gasteiger partial charge < -0.3 is 5.32 Å². The zero-order valence-electron chi connectivity index (χ0n) is 14.8. The molecule has 4 rings (SSSR count). The van der Waals surface area contributed by atoms with Gasteiger partial charge in [-0.1, -0.05) is 18.9 Å². The lowest BCUT2D eigenvalue weighted by Gasteiger charge is -2.17. The Morgan fingerprint density at radius 2 is 2.08 bits per heavy atom. The highest BCUT2D eigenvalue weighted by atomic mass is 15.3. The molecule has 1 N–H and O–H groups in total. The standard InChI is InChI=1S/C19H24N6/c1-13(10-14-6-5-9-20-11-14)22-18-16-12-21-25(2)19(16)24-17(23-18)15-7-3-4-8-15/h5-6,9,11-13,15H,3-4,7-8,10H2,1-2H3,(H,22,23,24)/t13-/m0/s1. The summed E-state index contributed by atoms with van der Waals surface area (Å²) < 4.78 is 1.84. The van der Waals surface area contributed by atoms with Gasteiger partial charge in [0.05, 0.1) is 11.6 Å².